The topological polar surface area (TPSA) is 47.3 Å². The lowest BCUT2D eigenvalue weighted by atomic mass is 9.76. The second kappa shape index (κ2) is 6.59. The first-order valence-corrected chi connectivity index (χ1v) is 7.68. The van der Waals surface area contributed by atoms with Gasteiger partial charge in [0.25, 0.3) is 0 Å². The minimum absolute atomic E-state index is 0.193. The molecule has 0 radical (unpaired) electrons. The largest absolute Gasteiger partial charge is 0.496 e. The van der Waals surface area contributed by atoms with E-state index in [1.165, 1.54) is 42.4 Å². The lowest BCUT2D eigenvalue weighted by Gasteiger charge is -2.34. The zero-order valence-electron chi connectivity index (χ0n) is 13.2. The lowest BCUT2D eigenvalue weighted by molar-refractivity contribution is 0.228. The minimum Gasteiger partial charge on any atom is -0.496 e. The van der Waals surface area contributed by atoms with Gasteiger partial charge < -0.3 is 4.74 Å². The molecule has 0 heterocycles. The van der Waals surface area contributed by atoms with E-state index >= 15 is 0 Å². The summed E-state index contributed by atoms with van der Waals surface area (Å²) >= 11 is 0. The highest BCUT2D eigenvalue weighted by Crippen LogP contribution is 2.40. The van der Waals surface area contributed by atoms with Gasteiger partial charge in [-0.1, -0.05) is 25.8 Å². The predicted molar refractivity (Wildman–Crippen MR) is 83.7 cm³/mol. The van der Waals surface area contributed by atoms with Gasteiger partial charge in [0.15, 0.2) is 0 Å². The number of ether oxygens (including phenoxy) is 1. The molecule has 3 heteroatoms. The number of rotatable bonds is 4. The first-order chi connectivity index (χ1) is 9.56. The second-order valence-corrected chi connectivity index (χ2v) is 6.36. The number of benzene rings is 1. The molecule has 1 saturated carbocycles. The van der Waals surface area contributed by atoms with Crippen LogP contribution in [0.5, 0.6) is 5.75 Å². The van der Waals surface area contributed by atoms with Crippen LogP contribution in [-0.2, 0) is 0 Å². The summed E-state index contributed by atoms with van der Waals surface area (Å²) in [6, 6.07) is 4.52. The van der Waals surface area contributed by atoms with Crippen molar-refractivity contribution in [2.45, 2.75) is 52.5 Å². The molecule has 3 N–H and O–H groups in total. The van der Waals surface area contributed by atoms with Gasteiger partial charge >= 0.3 is 0 Å². The van der Waals surface area contributed by atoms with Crippen LogP contribution in [-0.4, -0.2) is 7.11 Å². The molecule has 1 aromatic carbocycles. The van der Waals surface area contributed by atoms with Gasteiger partial charge in [0.05, 0.1) is 13.2 Å². The zero-order valence-corrected chi connectivity index (χ0v) is 13.2. The van der Waals surface area contributed by atoms with Crippen molar-refractivity contribution in [3.05, 3.63) is 28.8 Å². The molecule has 0 aliphatic heterocycles. The second-order valence-electron chi connectivity index (χ2n) is 6.36. The summed E-state index contributed by atoms with van der Waals surface area (Å²) in [5.74, 6) is 8.31. The van der Waals surface area contributed by atoms with Crippen molar-refractivity contribution in [2.24, 2.45) is 17.7 Å². The van der Waals surface area contributed by atoms with E-state index in [0.29, 0.717) is 5.92 Å². The zero-order chi connectivity index (χ0) is 14.7. The minimum atomic E-state index is 0.193. The Morgan fingerprint density at radius 1 is 1.20 bits per heavy atom. The number of hydrazine groups is 1. The standard InChI is InChI=1S/C17H28N2O/c1-11-5-7-14(8-6-11)17(19-18)16-13(3)9-12(2)10-15(16)20-4/h9-11,14,17,19H,5-8,18H2,1-4H3. The number of nitrogens with one attached hydrogen (secondary N) is 1. The summed E-state index contributed by atoms with van der Waals surface area (Å²) in [5, 5.41) is 0. The molecule has 0 bridgehead atoms. The summed E-state index contributed by atoms with van der Waals surface area (Å²) < 4.78 is 5.61. The summed E-state index contributed by atoms with van der Waals surface area (Å²) in [6.45, 7) is 6.60. The predicted octanol–water partition coefficient (Wildman–Crippen LogP) is 3.64. The molecule has 1 aliphatic carbocycles. The van der Waals surface area contributed by atoms with Crippen LogP contribution in [0.3, 0.4) is 0 Å². The van der Waals surface area contributed by atoms with E-state index in [-0.39, 0.29) is 6.04 Å². The van der Waals surface area contributed by atoms with E-state index in [1.54, 1.807) is 7.11 Å². The Morgan fingerprint density at radius 3 is 2.40 bits per heavy atom. The lowest BCUT2D eigenvalue weighted by Crippen LogP contribution is -2.36. The molecular weight excluding hydrogens is 248 g/mol. The molecular formula is C17H28N2O. The molecule has 112 valence electrons. The van der Waals surface area contributed by atoms with E-state index in [1.807, 2.05) is 0 Å². The molecule has 0 saturated heterocycles. The molecule has 1 atom stereocenters. The van der Waals surface area contributed by atoms with Gasteiger partial charge in [0.1, 0.15) is 5.75 Å². The maximum absolute atomic E-state index is 5.90. The third kappa shape index (κ3) is 3.15. The van der Waals surface area contributed by atoms with E-state index in [9.17, 15) is 0 Å². The van der Waals surface area contributed by atoms with Gasteiger partial charge in [-0.2, -0.15) is 0 Å². The number of hydrogen-bond donors (Lipinski definition) is 2. The first-order valence-electron chi connectivity index (χ1n) is 7.68. The van der Waals surface area contributed by atoms with Crippen LogP contribution < -0.4 is 16.0 Å². The maximum Gasteiger partial charge on any atom is 0.124 e. The Hall–Kier alpha value is -1.06. The van der Waals surface area contributed by atoms with Crippen LogP contribution >= 0.6 is 0 Å². The molecule has 1 fully saturated rings. The fourth-order valence-electron chi connectivity index (χ4n) is 3.58. The van der Waals surface area contributed by atoms with Crippen LogP contribution in [0, 0.1) is 25.7 Å². The SMILES string of the molecule is COc1cc(C)cc(C)c1C(NN)C1CCC(C)CC1. The van der Waals surface area contributed by atoms with Crippen LogP contribution in [0.1, 0.15) is 55.3 Å². The fraction of sp³-hybridized carbons (Fsp3) is 0.647. The summed E-state index contributed by atoms with van der Waals surface area (Å²) in [5.41, 5.74) is 6.79. The molecule has 1 aromatic rings. The molecule has 3 nitrogen and oxygen atoms in total. The molecule has 2 rings (SSSR count). The van der Waals surface area contributed by atoms with Crippen LogP contribution in [0.2, 0.25) is 0 Å². The van der Waals surface area contributed by atoms with Crippen molar-refractivity contribution in [2.75, 3.05) is 7.11 Å². The third-order valence-electron chi connectivity index (χ3n) is 4.74. The van der Waals surface area contributed by atoms with Crippen molar-refractivity contribution in [1.29, 1.82) is 0 Å². The van der Waals surface area contributed by atoms with Gasteiger partial charge in [0, 0.05) is 5.56 Å². The molecule has 0 amide bonds. The highest BCUT2D eigenvalue weighted by molar-refractivity contribution is 5.45. The highest BCUT2D eigenvalue weighted by atomic mass is 16.5. The van der Waals surface area contributed by atoms with Crippen LogP contribution in [0.4, 0.5) is 0 Å². The molecule has 1 unspecified atom stereocenters. The Bertz CT molecular complexity index is 451. The highest BCUT2D eigenvalue weighted by Gasteiger charge is 2.29. The van der Waals surface area contributed by atoms with Crippen LogP contribution in [0.25, 0.3) is 0 Å². The van der Waals surface area contributed by atoms with Crippen molar-refractivity contribution in [1.82, 2.24) is 5.43 Å². The normalized spacial score (nSPS) is 24.4. The fourth-order valence-corrected chi connectivity index (χ4v) is 3.58. The van der Waals surface area contributed by atoms with Crippen molar-refractivity contribution in [3.8, 4) is 5.75 Å². The first kappa shape index (κ1) is 15.3. The quantitative estimate of drug-likeness (QED) is 0.652. The number of aryl methyl sites for hydroxylation is 2. The van der Waals surface area contributed by atoms with E-state index in [4.69, 9.17) is 10.6 Å². The third-order valence-corrected chi connectivity index (χ3v) is 4.74. The molecule has 1 aliphatic rings. The van der Waals surface area contributed by atoms with Crippen molar-refractivity contribution in [3.63, 3.8) is 0 Å². The van der Waals surface area contributed by atoms with Gasteiger partial charge in [-0.3, -0.25) is 11.3 Å². The summed E-state index contributed by atoms with van der Waals surface area (Å²) in [4.78, 5) is 0. The van der Waals surface area contributed by atoms with Gasteiger partial charge in [-0.25, -0.2) is 0 Å². The van der Waals surface area contributed by atoms with Crippen molar-refractivity contribution < 1.29 is 4.74 Å². The van der Waals surface area contributed by atoms with E-state index in [0.717, 1.165) is 11.7 Å². The Morgan fingerprint density at radius 2 is 1.85 bits per heavy atom. The Kier molecular flexibility index (Phi) is 5.06. The smallest absolute Gasteiger partial charge is 0.124 e. The molecule has 0 spiro atoms. The number of nitrogens with two attached hydrogens (primary N) is 1. The van der Waals surface area contributed by atoms with E-state index in [2.05, 4.69) is 38.3 Å². The summed E-state index contributed by atoms with van der Waals surface area (Å²) in [6.07, 6.45) is 5.09. The van der Waals surface area contributed by atoms with Gasteiger partial charge in [-0.05, 0) is 55.7 Å². The van der Waals surface area contributed by atoms with Gasteiger partial charge in [-0.15, -0.1) is 0 Å². The van der Waals surface area contributed by atoms with E-state index < -0.39 is 0 Å². The number of methoxy groups -OCH3 is 1. The molecule has 0 aromatic heterocycles. The Balaban J connectivity index is 2.31. The van der Waals surface area contributed by atoms with Gasteiger partial charge in [0.2, 0.25) is 0 Å². The monoisotopic (exact) mass is 276 g/mol. The molecule has 20 heavy (non-hydrogen) atoms. The van der Waals surface area contributed by atoms with Crippen molar-refractivity contribution >= 4 is 0 Å². The summed E-state index contributed by atoms with van der Waals surface area (Å²) in [7, 11) is 1.74. The van der Waals surface area contributed by atoms with Crippen LogP contribution in [0.15, 0.2) is 12.1 Å². The number of hydrogen-bond acceptors (Lipinski definition) is 3. The Labute approximate surface area is 122 Å². The maximum atomic E-state index is 5.90. The average Bonchev–Trinajstić information content (AvgIpc) is 2.43. The average molecular weight is 276 g/mol.